The smallest absolute Gasteiger partial charge is 0.226 e. The number of fused-ring (bicyclic) bond motifs is 1. The third-order valence-electron chi connectivity index (χ3n) is 5.45. The molecule has 0 spiro atoms. The van der Waals surface area contributed by atoms with Crippen LogP contribution in [0.15, 0.2) is 42.6 Å². The van der Waals surface area contributed by atoms with Gasteiger partial charge in [-0.05, 0) is 61.7 Å². The monoisotopic (exact) mass is 391 g/mol. The molecular formula is C23H25N3O3. The van der Waals surface area contributed by atoms with Crippen LogP contribution in [-0.2, 0) is 4.79 Å². The molecule has 0 saturated carbocycles. The van der Waals surface area contributed by atoms with Gasteiger partial charge in [0, 0.05) is 17.9 Å². The Hall–Kier alpha value is -3.28. The summed E-state index contributed by atoms with van der Waals surface area (Å²) in [6.07, 6.45) is 2.21. The Morgan fingerprint density at radius 2 is 1.97 bits per heavy atom. The molecule has 1 atom stereocenters. The van der Waals surface area contributed by atoms with Crippen LogP contribution in [0.25, 0.3) is 5.69 Å². The molecule has 1 aliphatic heterocycles. The van der Waals surface area contributed by atoms with Crippen molar-refractivity contribution in [3.8, 4) is 17.2 Å². The lowest BCUT2D eigenvalue weighted by Gasteiger charge is -2.24. The average Bonchev–Trinajstić information content (AvgIpc) is 3.13. The maximum absolute atomic E-state index is 12.5. The van der Waals surface area contributed by atoms with Crippen LogP contribution in [0.1, 0.15) is 41.5 Å². The highest BCUT2D eigenvalue weighted by molar-refractivity contribution is 5.94. The van der Waals surface area contributed by atoms with Gasteiger partial charge in [0.05, 0.1) is 25.6 Å². The van der Waals surface area contributed by atoms with Crippen LogP contribution in [0.5, 0.6) is 11.5 Å². The first-order valence-electron chi connectivity index (χ1n) is 9.78. The highest BCUT2D eigenvalue weighted by Crippen LogP contribution is 2.40. The van der Waals surface area contributed by atoms with E-state index in [4.69, 9.17) is 9.47 Å². The predicted molar refractivity (Wildman–Crippen MR) is 112 cm³/mol. The number of carbonyl (C=O) groups is 1. The largest absolute Gasteiger partial charge is 0.493 e. The van der Waals surface area contributed by atoms with Gasteiger partial charge in [-0.2, -0.15) is 5.10 Å². The quantitative estimate of drug-likeness (QED) is 0.701. The Balaban J connectivity index is 1.77. The third-order valence-corrected chi connectivity index (χ3v) is 5.45. The fourth-order valence-electron chi connectivity index (χ4n) is 3.75. The van der Waals surface area contributed by atoms with Crippen LogP contribution in [0.4, 0.5) is 5.82 Å². The summed E-state index contributed by atoms with van der Waals surface area (Å²) in [6.45, 7) is 6.65. The van der Waals surface area contributed by atoms with Crippen LogP contribution < -0.4 is 14.8 Å². The number of carbonyl (C=O) groups excluding carboxylic acids is 1. The molecule has 1 aromatic heterocycles. The Labute approximate surface area is 170 Å². The van der Waals surface area contributed by atoms with E-state index in [0.29, 0.717) is 24.5 Å². The molecular weight excluding hydrogens is 366 g/mol. The molecule has 0 aliphatic carbocycles. The zero-order valence-corrected chi connectivity index (χ0v) is 17.2. The highest BCUT2D eigenvalue weighted by Gasteiger charge is 2.31. The molecule has 1 N–H and O–H groups in total. The van der Waals surface area contributed by atoms with Gasteiger partial charge in [-0.15, -0.1) is 0 Å². The minimum atomic E-state index is -0.0939. The molecule has 6 nitrogen and oxygen atoms in total. The molecule has 0 fully saturated rings. The summed E-state index contributed by atoms with van der Waals surface area (Å²) in [6, 6.07) is 12.0. The molecule has 2 heterocycles. The van der Waals surface area contributed by atoms with E-state index in [1.165, 1.54) is 11.1 Å². The summed E-state index contributed by atoms with van der Waals surface area (Å²) in [5, 5.41) is 7.59. The summed E-state index contributed by atoms with van der Waals surface area (Å²) in [7, 11) is 1.62. The third kappa shape index (κ3) is 3.46. The SMILES string of the molecule is CCOc1ccc(C2CC(=O)Nc3c2cnn3-c2ccc(C)c(C)c2)cc1OC. The number of rotatable bonds is 5. The number of amides is 1. The van der Waals surface area contributed by atoms with Crippen LogP contribution in [0.3, 0.4) is 0 Å². The zero-order chi connectivity index (χ0) is 20.5. The zero-order valence-electron chi connectivity index (χ0n) is 17.2. The minimum absolute atomic E-state index is 0.0269. The van der Waals surface area contributed by atoms with Crippen LogP contribution in [-0.4, -0.2) is 29.4 Å². The van der Waals surface area contributed by atoms with Gasteiger partial charge in [0.25, 0.3) is 0 Å². The summed E-state index contributed by atoms with van der Waals surface area (Å²) in [5.74, 6) is 1.97. The molecule has 0 radical (unpaired) electrons. The van der Waals surface area contributed by atoms with Crippen LogP contribution in [0.2, 0.25) is 0 Å². The Kier molecular flexibility index (Phi) is 5.01. The van der Waals surface area contributed by atoms with E-state index in [0.717, 1.165) is 22.6 Å². The molecule has 0 bridgehead atoms. The van der Waals surface area contributed by atoms with Crippen molar-refractivity contribution >= 4 is 11.7 Å². The van der Waals surface area contributed by atoms with E-state index in [2.05, 4.69) is 36.4 Å². The van der Waals surface area contributed by atoms with E-state index in [9.17, 15) is 4.79 Å². The fraction of sp³-hybridized carbons (Fsp3) is 0.304. The molecule has 0 saturated heterocycles. The van der Waals surface area contributed by atoms with Crippen molar-refractivity contribution in [2.75, 3.05) is 19.0 Å². The van der Waals surface area contributed by atoms with Gasteiger partial charge in [-0.3, -0.25) is 4.79 Å². The maximum Gasteiger partial charge on any atom is 0.226 e. The van der Waals surface area contributed by atoms with Gasteiger partial charge in [0.15, 0.2) is 11.5 Å². The lowest BCUT2D eigenvalue weighted by atomic mass is 9.87. The highest BCUT2D eigenvalue weighted by atomic mass is 16.5. The maximum atomic E-state index is 12.5. The van der Waals surface area contributed by atoms with Crippen molar-refractivity contribution in [3.05, 3.63) is 64.8 Å². The van der Waals surface area contributed by atoms with Crippen molar-refractivity contribution in [2.45, 2.75) is 33.1 Å². The normalized spacial score (nSPS) is 15.6. The lowest BCUT2D eigenvalue weighted by molar-refractivity contribution is -0.116. The molecule has 2 aromatic carbocycles. The van der Waals surface area contributed by atoms with E-state index in [-0.39, 0.29) is 11.8 Å². The number of ether oxygens (including phenoxy) is 2. The van der Waals surface area contributed by atoms with Gasteiger partial charge in [0.2, 0.25) is 5.91 Å². The summed E-state index contributed by atoms with van der Waals surface area (Å²) in [4.78, 5) is 12.5. The standard InChI is InChI=1S/C23H25N3O3/c1-5-29-20-9-7-16(11-21(20)28-4)18-12-22(27)25-23-19(18)13-24-26(23)17-8-6-14(2)15(3)10-17/h6-11,13,18H,5,12H2,1-4H3,(H,25,27). The number of methoxy groups -OCH3 is 1. The molecule has 3 aromatic rings. The molecule has 29 heavy (non-hydrogen) atoms. The van der Waals surface area contributed by atoms with Crippen molar-refractivity contribution in [1.29, 1.82) is 0 Å². The molecule has 150 valence electrons. The molecule has 4 rings (SSSR count). The Bertz CT molecular complexity index is 1070. The number of aryl methyl sites for hydroxylation is 2. The number of hydrogen-bond acceptors (Lipinski definition) is 4. The number of anilines is 1. The molecule has 1 unspecified atom stereocenters. The van der Waals surface area contributed by atoms with Crippen LogP contribution >= 0.6 is 0 Å². The number of benzene rings is 2. The summed E-state index contributed by atoms with van der Waals surface area (Å²) < 4.78 is 12.9. The molecule has 6 heteroatoms. The second-order valence-corrected chi connectivity index (χ2v) is 7.28. The van der Waals surface area contributed by atoms with Crippen molar-refractivity contribution < 1.29 is 14.3 Å². The molecule has 1 amide bonds. The van der Waals surface area contributed by atoms with E-state index in [1.807, 2.05) is 37.4 Å². The fourth-order valence-corrected chi connectivity index (χ4v) is 3.75. The van der Waals surface area contributed by atoms with E-state index in [1.54, 1.807) is 11.8 Å². The van der Waals surface area contributed by atoms with Gasteiger partial charge >= 0.3 is 0 Å². The number of nitrogens with one attached hydrogen (secondary N) is 1. The second-order valence-electron chi connectivity index (χ2n) is 7.28. The van der Waals surface area contributed by atoms with E-state index < -0.39 is 0 Å². The van der Waals surface area contributed by atoms with Crippen molar-refractivity contribution in [1.82, 2.24) is 9.78 Å². The lowest BCUT2D eigenvalue weighted by Crippen LogP contribution is -2.24. The number of nitrogens with zero attached hydrogens (tertiary/aromatic N) is 2. The van der Waals surface area contributed by atoms with Gasteiger partial charge in [-0.1, -0.05) is 12.1 Å². The van der Waals surface area contributed by atoms with E-state index >= 15 is 0 Å². The topological polar surface area (TPSA) is 65.4 Å². The summed E-state index contributed by atoms with van der Waals surface area (Å²) >= 11 is 0. The summed E-state index contributed by atoms with van der Waals surface area (Å²) in [5.41, 5.74) is 5.33. The average molecular weight is 391 g/mol. The predicted octanol–water partition coefficient (Wildman–Crippen LogP) is 4.37. The molecule has 1 aliphatic rings. The number of aromatic nitrogens is 2. The minimum Gasteiger partial charge on any atom is -0.493 e. The second kappa shape index (κ2) is 7.62. The first-order valence-corrected chi connectivity index (χ1v) is 9.78. The van der Waals surface area contributed by atoms with Crippen LogP contribution in [0, 0.1) is 13.8 Å². The Morgan fingerprint density at radius 3 is 2.69 bits per heavy atom. The Morgan fingerprint density at radius 1 is 1.14 bits per heavy atom. The van der Waals surface area contributed by atoms with Gasteiger partial charge in [0.1, 0.15) is 5.82 Å². The van der Waals surface area contributed by atoms with Gasteiger partial charge < -0.3 is 14.8 Å². The van der Waals surface area contributed by atoms with Gasteiger partial charge in [-0.25, -0.2) is 4.68 Å². The first kappa shape index (κ1) is 19.1. The number of hydrogen-bond donors (Lipinski definition) is 1. The first-order chi connectivity index (χ1) is 14.0. The van der Waals surface area contributed by atoms with Crippen molar-refractivity contribution in [3.63, 3.8) is 0 Å². The van der Waals surface area contributed by atoms with Crippen molar-refractivity contribution in [2.24, 2.45) is 0 Å².